The van der Waals surface area contributed by atoms with E-state index in [1.54, 1.807) is 0 Å². The fourth-order valence-corrected chi connectivity index (χ4v) is 1.91. The van der Waals surface area contributed by atoms with Crippen molar-refractivity contribution in [3.63, 3.8) is 0 Å². The number of aromatic amines is 1. The summed E-state index contributed by atoms with van der Waals surface area (Å²) in [6.07, 6.45) is 0.967. The molecule has 0 fully saturated rings. The first-order chi connectivity index (χ1) is 7.33. The van der Waals surface area contributed by atoms with Crippen LogP contribution in [0.25, 0.3) is 10.9 Å². The fourth-order valence-electron chi connectivity index (χ4n) is 1.91. The first-order valence-corrected chi connectivity index (χ1v) is 5.47. The quantitative estimate of drug-likeness (QED) is 0.759. The minimum absolute atomic E-state index is 0.791. The van der Waals surface area contributed by atoms with Crippen molar-refractivity contribution >= 4 is 10.9 Å². The Bertz CT molecular complexity index is 445. The Morgan fingerprint density at radius 1 is 1.27 bits per heavy atom. The summed E-state index contributed by atoms with van der Waals surface area (Å²) in [6.45, 7) is 5.78. The van der Waals surface area contributed by atoms with Crippen LogP contribution < -0.4 is 0 Å². The van der Waals surface area contributed by atoms with Crippen LogP contribution in [0, 0.1) is 6.92 Å². The number of ether oxygens (including phenoxy) is 1. The van der Waals surface area contributed by atoms with Crippen molar-refractivity contribution in [3.8, 4) is 0 Å². The van der Waals surface area contributed by atoms with Gasteiger partial charge >= 0.3 is 0 Å². The first kappa shape index (κ1) is 10.2. The minimum atomic E-state index is 0.791. The second-order valence-electron chi connectivity index (χ2n) is 3.72. The van der Waals surface area contributed by atoms with Gasteiger partial charge in [0, 0.05) is 29.6 Å². The zero-order valence-corrected chi connectivity index (χ0v) is 9.34. The molecule has 0 atom stereocenters. The summed E-state index contributed by atoms with van der Waals surface area (Å²) in [6, 6.07) is 8.41. The zero-order valence-electron chi connectivity index (χ0n) is 9.34. The molecule has 2 heteroatoms. The van der Waals surface area contributed by atoms with Crippen LogP contribution in [-0.4, -0.2) is 18.2 Å². The highest BCUT2D eigenvalue weighted by Gasteiger charge is 2.05. The third-order valence-electron chi connectivity index (χ3n) is 2.77. The highest BCUT2D eigenvalue weighted by atomic mass is 16.5. The van der Waals surface area contributed by atoms with Gasteiger partial charge in [-0.05, 0) is 25.5 Å². The number of fused-ring (bicyclic) bond motifs is 1. The minimum Gasteiger partial charge on any atom is -0.381 e. The Kier molecular flexibility index (Phi) is 3.07. The molecule has 0 saturated carbocycles. The molecule has 80 valence electrons. The van der Waals surface area contributed by atoms with Crippen molar-refractivity contribution in [2.45, 2.75) is 20.3 Å². The Hall–Kier alpha value is -1.28. The standard InChI is InChI=1S/C13H17NO/c1-3-15-9-8-12-10(2)11-6-4-5-7-13(11)14-12/h4-7,14H,3,8-9H2,1-2H3. The van der Waals surface area contributed by atoms with E-state index >= 15 is 0 Å². The molecule has 0 radical (unpaired) electrons. The smallest absolute Gasteiger partial charge is 0.0520 e. The van der Waals surface area contributed by atoms with Gasteiger partial charge in [-0.2, -0.15) is 0 Å². The molecule has 0 spiro atoms. The van der Waals surface area contributed by atoms with Crippen LogP contribution in [0.3, 0.4) is 0 Å². The van der Waals surface area contributed by atoms with Gasteiger partial charge in [-0.25, -0.2) is 0 Å². The van der Waals surface area contributed by atoms with E-state index in [2.05, 4.69) is 36.2 Å². The average molecular weight is 203 g/mol. The highest BCUT2D eigenvalue weighted by molar-refractivity contribution is 5.84. The number of H-pyrrole nitrogens is 1. The number of hydrogen-bond donors (Lipinski definition) is 1. The van der Waals surface area contributed by atoms with Crippen molar-refractivity contribution in [3.05, 3.63) is 35.5 Å². The van der Waals surface area contributed by atoms with Crippen LogP contribution >= 0.6 is 0 Å². The second-order valence-corrected chi connectivity index (χ2v) is 3.72. The Balaban J connectivity index is 2.24. The summed E-state index contributed by atoms with van der Waals surface area (Å²) < 4.78 is 5.37. The molecule has 1 aromatic carbocycles. The summed E-state index contributed by atoms with van der Waals surface area (Å²) >= 11 is 0. The molecule has 1 N–H and O–H groups in total. The molecule has 2 rings (SSSR count). The number of para-hydroxylation sites is 1. The van der Waals surface area contributed by atoms with Gasteiger partial charge in [0.05, 0.1) is 6.61 Å². The van der Waals surface area contributed by atoms with E-state index in [1.165, 1.54) is 22.2 Å². The van der Waals surface area contributed by atoms with Crippen molar-refractivity contribution in [1.29, 1.82) is 0 Å². The van der Waals surface area contributed by atoms with E-state index in [0.29, 0.717) is 0 Å². The lowest BCUT2D eigenvalue weighted by Crippen LogP contribution is -1.99. The molecule has 0 bridgehead atoms. The normalized spacial score (nSPS) is 11.1. The predicted octanol–water partition coefficient (Wildman–Crippen LogP) is 3.06. The van der Waals surface area contributed by atoms with Gasteiger partial charge in [-0.15, -0.1) is 0 Å². The SMILES string of the molecule is CCOCCc1[nH]c2ccccc2c1C. The lowest BCUT2D eigenvalue weighted by atomic mass is 10.1. The summed E-state index contributed by atoms with van der Waals surface area (Å²) in [4.78, 5) is 3.44. The first-order valence-electron chi connectivity index (χ1n) is 5.47. The molecule has 1 aromatic heterocycles. The molecule has 0 aliphatic heterocycles. The third kappa shape index (κ3) is 2.05. The van der Waals surface area contributed by atoms with Crippen LogP contribution in [0.5, 0.6) is 0 Å². The van der Waals surface area contributed by atoms with Crippen molar-refractivity contribution < 1.29 is 4.74 Å². The number of rotatable bonds is 4. The molecular weight excluding hydrogens is 186 g/mol. The Labute approximate surface area is 90.3 Å². The van der Waals surface area contributed by atoms with E-state index in [1.807, 2.05) is 6.92 Å². The van der Waals surface area contributed by atoms with Crippen LogP contribution in [0.2, 0.25) is 0 Å². The van der Waals surface area contributed by atoms with Gasteiger partial charge < -0.3 is 9.72 Å². The Morgan fingerprint density at radius 3 is 2.80 bits per heavy atom. The number of nitrogens with one attached hydrogen (secondary N) is 1. The van der Waals surface area contributed by atoms with Crippen molar-refractivity contribution in [1.82, 2.24) is 4.98 Å². The van der Waals surface area contributed by atoms with E-state index in [4.69, 9.17) is 4.74 Å². The predicted molar refractivity (Wildman–Crippen MR) is 63.2 cm³/mol. The van der Waals surface area contributed by atoms with Gasteiger partial charge in [-0.1, -0.05) is 18.2 Å². The maximum absolute atomic E-state index is 5.37. The van der Waals surface area contributed by atoms with Gasteiger partial charge in [0.25, 0.3) is 0 Å². The van der Waals surface area contributed by atoms with Crippen LogP contribution in [-0.2, 0) is 11.2 Å². The molecule has 0 unspecified atom stereocenters. The van der Waals surface area contributed by atoms with E-state index in [-0.39, 0.29) is 0 Å². The molecule has 1 heterocycles. The molecule has 15 heavy (non-hydrogen) atoms. The summed E-state index contributed by atoms with van der Waals surface area (Å²) in [5.74, 6) is 0. The van der Waals surface area contributed by atoms with E-state index in [9.17, 15) is 0 Å². The lowest BCUT2D eigenvalue weighted by Gasteiger charge is -2.00. The molecule has 2 nitrogen and oxygen atoms in total. The largest absolute Gasteiger partial charge is 0.381 e. The topological polar surface area (TPSA) is 25.0 Å². The van der Waals surface area contributed by atoms with Crippen LogP contribution in [0.4, 0.5) is 0 Å². The zero-order chi connectivity index (χ0) is 10.7. The van der Waals surface area contributed by atoms with Crippen LogP contribution in [0.15, 0.2) is 24.3 Å². The molecular formula is C13H17NO. The fraction of sp³-hybridized carbons (Fsp3) is 0.385. The number of aromatic nitrogens is 1. The second kappa shape index (κ2) is 4.49. The van der Waals surface area contributed by atoms with Crippen molar-refractivity contribution in [2.75, 3.05) is 13.2 Å². The lowest BCUT2D eigenvalue weighted by molar-refractivity contribution is 0.150. The van der Waals surface area contributed by atoms with Crippen molar-refractivity contribution in [2.24, 2.45) is 0 Å². The summed E-state index contributed by atoms with van der Waals surface area (Å²) in [5.41, 5.74) is 3.87. The van der Waals surface area contributed by atoms with Gasteiger partial charge in [0.1, 0.15) is 0 Å². The van der Waals surface area contributed by atoms with Crippen LogP contribution in [0.1, 0.15) is 18.2 Å². The summed E-state index contributed by atoms with van der Waals surface area (Å²) in [7, 11) is 0. The monoisotopic (exact) mass is 203 g/mol. The molecule has 0 aliphatic rings. The maximum atomic E-state index is 5.37. The van der Waals surface area contributed by atoms with Gasteiger partial charge in [0.15, 0.2) is 0 Å². The number of hydrogen-bond acceptors (Lipinski definition) is 1. The molecule has 0 amide bonds. The number of benzene rings is 1. The third-order valence-corrected chi connectivity index (χ3v) is 2.77. The molecule has 2 aromatic rings. The maximum Gasteiger partial charge on any atom is 0.0520 e. The average Bonchev–Trinajstić information content (AvgIpc) is 2.57. The van der Waals surface area contributed by atoms with Gasteiger partial charge in [-0.3, -0.25) is 0 Å². The Morgan fingerprint density at radius 2 is 2.07 bits per heavy atom. The van der Waals surface area contributed by atoms with E-state index < -0.39 is 0 Å². The highest BCUT2D eigenvalue weighted by Crippen LogP contribution is 2.21. The summed E-state index contributed by atoms with van der Waals surface area (Å²) in [5, 5.41) is 1.32. The van der Waals surface area contributed by atoms with Gasteiger partial charge in [0.2, 0.25) is 0 Å². The van der Waals surface area contributed by atoms with E-state index in [0.717, 1.165) is 19.6 Å². The molecule has 0 saturated heterocycles. The number of aryl methyl sites for hydroxylation is 1. The molecule has 0 aliphatic carbocycles.